The summed E-state index contributed by atoms with van der Waals surface area (Å²) in [7, 11) is 0. The van der Waals surface area contributed by atoms with Crippen LogP contribution in [0.5, 0.6) is 5.75 Å². The molecule has 39 heavy (non-hydrogen) atoms. The number of benzene rings is 2. The quantitative estimate of drug-likeness (QED) is 0.291. The van der Waals surface area contributed by atoms with Gasteiger partial charge in [-0.25, -0.2) is 5.01 Å². The van der Waals surface area contributed by atoms with Crippen LogP contribution in [0.1, 0.15) is 72.7 Å². The largest absolute Gasteiger partial charge is 0.507 e. The number of hydrazine groups is 1. The van der Waals surface area contributed by atoms with Crippen molar-refractivity contribution >= 4 is 17.7 Å². The zero-order chi connectivity index (χ0) is 28.4. The molecular weight excluding hydrogens is 496 g/mol. The van der Waals surface area contributed by atoms with E-state index < -0.39 is 18.1 Å². The second kappa shape index (κ2) is 14.6. The summed E-state index contributed by atoms with van der Waals surface area (Å²) in [5.41, 5.74) is 4.14. The molecule has 1 heterocycles. The van der Waals surface area contributed by atoms with E-state index in [9.17, 15) is 24.6 Å². The molecule has 212 valence electrons. The predicted molar refractivity (Wildman–Crippen MR) is 150 cm³/mol. The van der Waals surface area contributed by atoms with Crippen LogP contribution in [0.25, 0.3) is 0 Å². The van der Waals surface area contributed by atoms with E-state index in [-0.39, 0.29) is 35.2 Å². The van der Waals surface area contributed by atoms with E-state index >= 15 is 0 Å². The molecule has 9 heteroatoms. The lowest BCUT2D eigenvalue weighted by Gasteiger charge is -2.30. The summed E-state index contributed by atoms with van der Waals surface area (Å²) in [6.45, 7) is 7.93. The van der Waals surface area contributed by atoms with Crippen LogP contribution in [0.4, 0.5) is 0 Å². The fraction of sp³-hybridized carbons (Fsp3) is 0.500. The van der Waals surface area contributed by atoms with Crippen LogP contribution in [0.3, 0.4) is 0 Å². The third kappa shape index (κ3) is 9.07. The van der Waals surface area contributed by atoms with E-state index in [2.05, 4.69) is 24.6 Å². The number of amides is 3. The Morgan fingerprint density at radius 3 is 2.36 bits per heavy atom. The van der Waals surface area contributed by atoms with Crippen LogP contribution in [-0.4, -0.2) is 76.2 Å². The van der Waals surface area contributed by atoms with Gasteiger partial charge in [0.15, 0.2) is 0 Å². The Kier molecular flexibility index (Phi) is 11.3. The third-order valence-electron chi connectivity index (χ3n) is 6.98. The van der Waals surface area contributed by atoms with E-state index in [1.54, 1.807) is 9.91 Å². The zero-order valence-electron chi connectivity index (χ0n) is 23.2. The van der Waals surface area contributed by atoms with Gasteiger partial charge in [0.1, 0.15) is 5.75 Å². The fourth-order valence-corrected chi connectivity index (χ4v) is 4.61. The van der Waals surface area contributed by atoms with Gasteiger partial charge in [-0.15, -0.1) is 0 Å². The molecule has 0 bridgehead atoms. The van der Waals surface area contributed by atoms with Crippen molar-refractivity contribution < 1.29 is 24.6 Å². The Balaban J connectivity index is 1.71. The van der Waals surface area contributed by atoms with Crippen LogP contribution in [-0.2, 0) is 11.2 Å². The number of hydrogen-bond acceptors (Lipinski definition) is 6. The first-order valence-corrected chi connectivity index (χ1v) is 13.9. The molecule has 0 spiro atoms. The number of aromatic hydroxyl groups is 1. The maximum atomic E-state index is 13.2. The Hall–Kier alpha value is -3.43. The van der Waals surface area contributed by atoms with Gasteiger partial charge in [-0.2, -0.15) is 0 Å². The first-order valence-electron chi connectivity index (χ1n) is 13.9. The van der Waals surface area contributed by atoms with E-state index in [0.29, 0.717) is 38.4 Å². The molecule has 0 radical (unpaired) electrons. The van der Waals surface area contributed by atoms with Crippen LogP contribution in [0, 0.1) is 5.92 Å². The molecule has 4 N–H and O–H groups in total. The molecule has 0 aromatic heterocycles. The number of hydrogen-bond donors (Lipinski definition) is 4. The fourth-order valence-electron chi connectivity index (χ4n) is 4.61. The summed E-state index contributed by atoms with van der Waals surface area (Å²) >= 11 is 0. The van der Waals surface area contributed by atoms with Gasteiger partial charge in [0.05, 0.1) is 17.7 Å². The molecule has 1 aliphatic heterocycles. The number of likely N-dealkylation sites (tertiary alicyclic amines) is 1. The van der Waals surface area contributed by atoms with Gasteiger partial charge >= 0.3 is 0 Å². The van der Waals surface area contributed by atoms with Gasteiger partial charge in [0, 0.05) is 38.2 Å². The number of rotatable bonds is 13. The predicted octanol–water partition coefficient (Wildman–Crippen LogP) is 3.12. The number of phenolic OH excluding ortho intramolecular Hbond substituents is 1. The molecular formula is C30H42N4O5. The molecule has 1 aliphatic rings. The molecule has 9 nitrogen and oxygen atoms in total. The van der Waals surface area contributed by atoms with Gasteiger partial charge in [-0.05, 0) is 55.4 Å². The van der Waals surface area contributed by atoms with Crippen molar-refractivity contribution in [2.75, 3.05) is 26.2 Å². The summed E-state index contributed by atoms with van der Waals surface area (Å²) in [5.74, 6) is -0.672. The number of aliphatic hydroxyl groups is 1. The molecule has 0 unspecified atom stereocenters. The van der Waals surface area contributed by atoms with Crippen molar-refractivity contribution in [2.45, 2.75) is 65.0 Å². The maximum Gasteiger partial charge on any atom is 0.257 e. The topological polar surface area (TPSA) is 122 Å². The van der Waals surface area contributed by atoms with Crippen molar-refractivity contribution in [3.63, 3.8) is 0 Å². The number of nitrogens with zero attached hydrogens (tertiary/aromatic N) is 2. The zero-order valence-corrected chi connectivity index (χ0v) is 23.2. The van der Waals surface area contributed by atoms with Gasteiger partial charge in [-0.3, -0.25) is 19.8 Å². The first-order chi connectivity index (χ1) is 18.7. The van der Waals surface area contributed by atoms with Crippen molar-refractivity contribution in [1.29, 1.82) is 0 Å². The van der Waals surface area contributed by atoms with Crippen molar-refractivity contribution in [3.8, 4) is 5.75 Å². The molecule has 1 saturated heterocycles. The van der Waals surface area contributed by atoms with Crippen molar-refractivity contribution in [1.82, 2.24) is 20.7 Å². The molecule has 3 amide bonds. The van der Waals surface area contributed by atoms with Crippen LogP contribution >= 0.6 is 0 Å². The molecule has 0 saturated carbocycles. The highest BCUT2D eigenvalue weighted by Gasteiger charge is 2.27. The minimum atomic E-state index is -0.996. The third-order valence-corrected chi connectivity index (χ3v) is 6.98. The van der Waals surface area contributed by atoms with Crippen molar-refractivity contribution in [2.24, 2.45) is 5.92 Å². The van der Waals surface area contributed by atoms with Gasteiger partial charge in [0.25, 0.3) is 11.8 Å². The highest BCUT2D eigenvalue weighted by atomic mass is 16.3. The first kappa shape index (κ1) is 30.1. The Bertz CT molecular complexity index is 1100. The molecule has 3 rings (SSSR count). The summed E-state index contributed by atoms with van der Waals surface area (Å²) < 4.78 is 0. The SMILES string of the molecule is CCN(C[C@@H](O)[C@H](Cc1ccccc1)NC(=O)c1ccc(C(=O)N2CCCC2)c(O)c1)NC(=O)CCC(C)C. The summed E-state index contributed by atoms with van der Waals surface area (Å²) in [6, 6.07) is 13.1. The molecule has 2 atom stereocenters. The number of carbonyl (C=O) groups is 3. The standard InChI is InChI=1S/C30H42N4O5/c1-4-34(32-28(37)15-12-21(2)3)20-27(36)25(18-22-10-6-5-7-11-22)31-29(38)23-13-14-24(26(35)19-23)30(39)33-16-8-9-17-33/h5-7,10-11,13-14,19,21,25,27,35-36H,4,8-9,12,15-18,20H2,1-3H3,(H,31,38)(H,32,37)/t25-,27+/m0/s1. The number of carbonyl (C=O) groups excluding carboxylic acids is 3. The highest BCUT2D eigenvalue weighted by molar-refractivity contribution is 6.00. The van der Waals surface area contributed by atoms with Gasteiger partial charge < -0.3 is 20.4 Å². The van der Waals surface area contributed by atoms with Gasteiger partial charge in [0.2, 0.25) is 5.91 Å². The average Bonchev–Trinajstić information content (AvgIpc) is 3.46. The minimum Gasteiger partial charge on any atom is -0.507 e. The lowest BCUT2D eigenvalue weighted by molar-refractivity contribution is -0.126. The average molecular weight is 539 g/mol. The maximum absolute atomic E-state index is 13.2. The monoisotopic (exact) mass is 538 g/mol. The summed E-state index contributed by atoms with van der Waals surface area (Å²) in [6.07, 6.45) is 2.42. The summed E-state index contributed by atoms with van der Waals surface area (Å²) in [5, 5.41) is 26.3. The van der Waals surface area contributed by atoms with Crippen LogP contribution < -0.4 is 10.7 Å². The molecule has 2 aromatic rings. The highest BCUT2D eigenvalue weighted by Crippen LogP contribution is 2.23. The number of phenols is 1. The van der Waals surface area contributed by atoms with E-state index in [0.717, 1.165) is 24.8 Å². The molecule has 1 fully saturated rings. The Morgan fingerprint density at radius 1 is 1.05 bits per heavy atom. The second-order valence-corrected chi connectivity index (χ2v) is 10.6. The minimum absolute atomic E-state index is 0.111. The smallest absolute Gasteiger partial charge is 0.257 e. The van der Waals surface area contributed by atoms with E-state index in [1.165, 1.54) is 18.2 Å². The number of aliphatic hydroxyl groups excluding tert-OH is 1. The molecule has 2 aromatic carbocycles. The van der Waals surface area contributed by atoms with E-state index in [4.69, 9.17) is 0 Å². The number of likely N-dealkylation sites (N-methyl/N-ethyl adjacent to an activating group) is 1. The lowest BCUT2D eigenvalue weighted by Crippen LogP contribution is -2.53. The van der Waals surface area contributed by atoms with Crippen LogP contribution in [0.2, 0.25) is 0 Å². The van der Waals surface area contributed by atoms with Gasteiger partial charge in [-0.1, -0.05) is 51.1 Å². The summed E-state index contributed by atoms with van der Waals surface area (Å²) in [4.78, 5) is 40.0. The van der Waals surface area contributed by atoms with E-state index in [1.807, 2.05) is 37.3 Å². The van der Waals surface area contributed by atoms with Crippen LogP contribution in [0.15, 0.2) is 48.5 Å². The van der Waals surface area contributed by atoms with Crippen molar-refractivity contribution in [3.05, 3.63) is 65.2 Å². The Morgan fingerprint density at radius 2 is 1.74 bits per heavy atom. The Labute approximate surface area is 231 Å². The number of nitrogens with one attached hydrogen (secondary N) is 2. The second-order valence-electron chi connectivity index (χ2n) is 10.6. The molecule has 0 aliphatic carbocycles. The lowest BCUT2D eigenvalue weighted by atomic mass is 10.00. The normalized spacial score (nSPS) is 14.9.